The molecule has 0 fully saturated rings. The van der Waals surface area contributed by atoms with Crippen LogP contribution in [0.3, 0.4) is 0 Å². The molecular weight excluding hydrogens is 300 g/mol. The van der Waals surface area contributed by atoms with Gasteiger partial charge in [-0.15, -0.1) is 0 Å². The second-order valence-corrected chi connectivity index (χ2v) is 5.32. The minimum Gasteiger partial charge on any atom is -0.420 e. The molecule has 1 aromatic carbocycles. The van der Waals surface area contributed by atoms with Gasteiger partial charge in [-0.05, 0) is 6.42 Å². The average molecular weight is 320 g/mol. The molecule has 0 aliphatic rings. The number of carbonyl (C=O) groups excluding carboxylic acids is 1. The van der Waals surface area contributed by atoms with Crippen LogP contribution in [0, 0.1) is 29.2 Å². The van der Waals surface area contributed by atoms with Gasteiger partial charge in [0.05, 0.1) is 5.92 Å². The van der Waals surface area contributed by atoms with Crippen LogP contribution in [-0.2, 0) is 4.79 Å². The van der Waals surface area contributed by atoms with Crippen molar-refractivity contribution < 1.29 is 27.1 Å². The predicted molar refractivity (Wildman–Crippen MR) is 74.4 cm³/mol. The van der Waals surface area contributed by atoms with Crippen LogP contribution < -0.4 is 4.74 Å². The van der Waals surface area contributed by atoms with E-state index in [1.807, 2.05) is 0 Å². The van der Waals surface area contributed by atoms with Gasteiger partial charge in [0.2, 0.25) is 17.4 Å². The third-order valence-corrected chi connectivity index (χ3v) is 3.42. The molecule has 0 heterocycles. The van der Waals surface area contributed by atoms with Gasteiger partial charge in [-0.1, -0.05) is 46.0 Å². The molecule has 0 radical (unpaired) electrons. The zero-order valence-corrected chi connectivity index (χ0v) is 12.7. The highest BCUT2D eigenvalue weighted by atomic mass is 19.2. The van der Waals surface area contributed by atoms with Crippen LogP contribution in [0.1, 0.15) is 52.4 Å². The number of ether oxygens (including phenoxy) is 1. The van der Waals surface area contributed by atoms with Crippen LogP contribution in [-0.4, -0.2) is 5.97 Å². The van der Waals surface area contributed by atoms with Crippen molar-refractivity contribution in [3.8, 4) is 5.75 Å². The van der Waals surface area contributed by atoms with E-state index in [0.29, 0.717) is 6.42 Å². The number of hydrogen-bond donors (Lipinski definition) is 0. The molecular formula is C16H20F4O2. The van der Waals surface area contributed by atoms with E-state index in [9.17, 15) is 22.4 Å². The van der Waals surface area contributed by atoms with Gasteiger partial charge >= 0.3 is 5.97 Å². The highest BCUT2D eigenvalue weighted by Crippen LogP contribution is 2.27. The number of esters is 1. The van der Waals surface area contributed by atoms with E-state index in [-0.39, 0.29) is 6.07 Å². The molecule has 1 rings (SSSR count). The Balaban J connectivity index is 2.61. The summed E-state index contributed by atoms with van der Waals surface area (Å²) in [6.07, 6.45) is 5.47. The van der Waals surface area contributed by atoms with E-state index < -0.39 is 40.9 Å². The molecule has 1 aromatic rings. The minimum atomic E-state index is -1.71. The SMILES string of the molecule is CCCCCCCC(C)C(=O)Oc1c(F)c(F)cc(F)c1F. The molecule has 0 N–H and O–H groups in total. The fourth-order valence-corrected chi connectivity index (χ4v) is 2.01. The van der Waals surface area contributed by atoms with E-state index >= 15 is 0 Å². The molecule has 0 aliphatic heterocycles. The average Bonchev–Trinajstić information content (AvgIpc) is 2.49. The normalized spacial score (nSPS) is 12.3. The van der Waals surface area contributed by atoms with Gasteiger partial charge in [-0.25, -0.2) is 8.78 Å². The second-order valence-electron chi connectivity index (χ2n) is 5.32. The van der Waals surface area contributed by atoms with Crippen LogP contribution in [0.4, 0.5) is 17.6 Å². The predicted octanol–water partition coefficient (Wildman–Crippen LogP) is 5.15. The Hall–Kier alpha value is -1.59. The van der Waals surface area contributed by atoms with Gasteiger partial charge in [0.25, 0.3) is 0 Å². The topological polar surface area (TPSA) is 26.3 Å². The molecule has 0 amide bonds. The van der Waals surface area contributed by atoms with Crippen LogP contribution in [0.5, 0.6) is 5.75 Å². The summed E-state index contributed by atoms with van der Waals surface area (Å²) in [4.78, 5) is 11.8. The first-order valence-electron chi connectivity index (χ1n) is 7.43. The van der Waals surface area contributed by atoms with E-state index in [1.54, 1.807) is 6.92 Å². The van der Waals surface area contributed by atoms with Gasteiger partial charge in [-0.3, -0.25) is 4.79 Å². The summed E-state index contributed by atoms with van der Waals surface area (Å²) in [6, 6.07) is 0.0686. The number of hydrogen-bond acceptors (Lipinski definition) is 2. The van der Waals surface area contributed by atoms with Crippen LogP contribution in [0.15, 0.2) is 6.07 Å². The number of carbonyl (C=O) groups is 1. The molecule has 2 nitrogen and oxygen atoms in total. The molecule has 0 bridgehead atoms. The maximum Gasteiger partial charge on any atom is 0.314 e. The van der Waals surface area contributed by atoms with Crippen LogP contribution >= 0.6 is 0 Å². The van der Waals surface area contributed by atoms with E-state index in [1.165, 1.54) is 0 Å². The molecule has 22 heavy (non-hydrogen) atoms. The highest BCUT2D eigenvalue weighted by Gasteiger charge is 2.25. The molecule has 1 unspecified atom stereocenters. The Kier molecular flexibility index (Phi) is 7.35. The third kappa shape index (κ3) is 5.00. The maximum absolute atomic E-state index is 13.4. The van der Waals surface area contributed by atoms with Crippen LogP contribution in [0.2, 0.25) is 0 Å². The van der Waals surface area contributed by atoms with Crippen molar-refractivity contribution in [3.05, 3.63) is 29.3 Å². The van der Waals surface area contributed by atoms with E-state index in [2.05, 4.69) is 11.7 Å². The minimum absolute atomic E-state index is 0.0686. The molecule has 6 heteroatoms. The molecule has 0 saturated carbocycles. The molecule has 0 spiro atoms. The number of benzene rings is 1. The van der Waals surface area contributed by atoms with Crippen molar-refractivity contribution in [1.82, 2.24) is 0 Å². The van der Waals surface area contributed by atoms with Gasteiger partial charge < -0.3 is 4.74 Å². The number of unbranched alkanes of at least 4 members (excludes halogenated alkanes) is 4. The molecule has 0 saturated heterocycles. The lowest BCUT2D eigenvalue weighted by atomic mass is 10.0. The summed E-state index contributed by atoms with van der Waals surface area (Å²) in [5.41, 5.74) is 0. The third-order valence-electron chi connectivity index (χ3n) is 3.42. The van der Waals surface area contributed by atoms with Crippen molar-refractivity contribution in [2.45, 2.75) is 52.4 Å². The zero-order chi connectivity index (χ0) is 16.7. The lowest BCUT2D eigenvalue weighted by Gasteiger charge is -2.12. The summed E-state index contributed by atoms with van der Waals surface area (Å²) in [7, 11) is 0. The summed E-state index contributed by atoms with van der Waals surface area (Å²) >= 11 is 0. The summed E-state index contributed by atoms with van der Waals surface area (Å²) in [6.45, 7) is 3.63. The van der Waals surface area contributed by atoms with Crippen molar-refractivity contribution in [3.63, 3.8) is 0 Å². The quantitative estimate of drug-likeness (QED) is 0.218. The zero-order valence-electron chi connectivity index (χ0n) is 12.7. The number of halogens is 4. The second kappa shape index (κ2) is 8.76. The smallest absolute Gasteiger partial charge is 0.314 e. The highest BCUT2D eigenvalue weighted by molar-refractivity contribution is 5.74. The van der Waals surface area contributed by atoms with Crippen molar-refractivity contribution in [2.75, 3.05) is 0 Å². The first kappa shape index (κ1) is 18.5. The van der Waals surface area contributed by atoms with E-state index in [0.717, 1.165) is 32.1 Å². The van der Waals surface area contributed by atoms with Crippen molar-refractivity contribution in [2.24, 2.45) is 5.92 Å². The van der Waals surface area contributed by atoms with Gasteiger partial charge in [0, 0.05) is 6.07 Å². The molecule has 0 aliphatic carbocycles. The Bertz CT molecular complexity index is 491. The Morgan fingerprint density at radius 3 is 2.14 bits per heavy atom. The fourth-order valence-electron chi connectivity index (χ4n) is 2.01. The lowest BCUT2D eigenvalue weighted by Crippen LogP contribution is -2.19. The molecule has 124 valence electrons. The Labute approximate surface area is 127 Å². The van der Waals surface area contributed by atoms with Crippen LogP contribution in [0.25, 0.3) is 0 Å². The molecule has 1 atom stereocenters. The fraction of sp³-hybridized carbons (Fsp3) is 0.562. The largest absolute Gasteiger partial charge is 0.420 e. The Morgan fingerprint density at radius 2 is 1.59 bits per heavy atom. The monoisotopic (exact) mass is 320 g/mol. The van der Waals surface area contributed by atoms with Gasteiger partial charge in [0.15, 0.2) is 11.6 Å². The summed E-state index contributed by atoms with van der Waals surface area (Å²) in [5, 5.41) is 0. The maximum atomic E-state index is 13.4. The van der Waals surface area contributed by atoms with Crippen molar-refractivity contribution in [1.29, 1.82) is 0 Å². The first-order valence-corrected chi connectivity index (χ1v) is 7.43. The summed E-state index contributed by atoms with van der Waals surface area (Å²) in [5.74, 6) is -9.45. The van der Waals surface area contributed by atoms with E-state index in [4.69, 9.17) is 0 Å². The first-order chi connectivity index (χ1) is 10.4. The van der Waals surface area contributed by atoms with Gasteiger partial charge in [-0.2, -0.15) is 8.78 Å². The molecule has 0 aromatic heterocycles. The lowest BCUT2D eigenvalue weighted by molar-refractivity contribution is -0.139. The summed E-state index contributed by atoms with van der Waals surface area (Å²) < 4.78 is 57.3. The number of rotatable bonds is 8. The van der Waals surface area contributed by atoms with Gasteiger partial charge in [0.1, 0.15) is 0 Å². The van der Waals surface area contributed by atoms with Crippen molar-refractivity contribution >= 4 is 5.97 Å². The Morgan fingerprint density at radius 1 is 1.05 bits per heavy atom. The standard InChI is InChI=1S/C16H20F4O2/c1-3-4-5-6-7-8-10(2)16(21)22-15-13(19)11(17)9-12(18)14(15)20/h9-10H,3-8H2,1-2H3.